The first-order chi connectivity index (χ1) is 12.1. The molecule has 0 radical (unpaired) electrons. The normalized spacial score (nSPS) is 21.1. The number of hydrogen-bond acceptors (Lipinski definition) is 3. The highest BCUT2D eigenvalue weighted by Crippen LogP contribution is 2.22. The third-order valence-electron chi connectivity index (χ3n) is 4.75. The molecule has 1 aromatic carbocycles. The molecule has 4 amide bonds. The van der Waals surface area contributed by atoms with Gasteiger partial charge in [0.1, 0.15) is 6.04 Å². The molecule has 2 aliphatic rings. The van der Waals surface area contributed by atoms with Gasteiger partial charge in [-0.25, -0.2) is 4.79 Å². The second kappa shape index (κ2) is 7.55. The summed E-state index contributed by atoms with van der Waals surface area (Å²) in [7, 11) is 0. The maximum absolute atomic E-state index is 12.3. The van der Waals surface area contributed by atoms with Crippen LogP contribution in [0.15, 0.2) is 24.3 Å². The summed E-state index contributed by atoms with van der Waals surface area (Å²) in [4.78, 5) is 39.4. The fourth-order valence-corrected chi connectivity index (χ4v) is 3.25. The zero-order valence-corrected chi connectivity index (χ0v) is 14.5. The lowest BCUT2D eigenvalue weighted by molar-refractivity contribution is -0.127. The number of amides is 4. The number of carbonyl (C=O) groups excluding carboxylic acids is 3. The smallest absolute Gasteiger partial charge is 0.318 e. The van der Waals surface area contributed by atoms with Gasteiger partial charge in [0.15, 0.2) is 0 Å². The van der Waals surface area contributed by atoms with Gasteiger partial charge in [0.25, 0.3) is 0 Å². The number of anilines is 1. The summed E-state index contributed by atoms with van der Waals surface area (Å²) in [5.41, 5.74) is 1.81. The summed E-state index contributed by atoms with van der Waals surface area (Å²) in [6, 6.07) is 6.97. The van der Waals surface area contributed by atoms with Gasteiger partial charge in [-0.15, -0.1) is 0 Å². The molecule has 0 unspecified atom stereocenters. The number of piperidine rings is 1. The molecule has 3 rings (SSSR count). The maximum Gasteiger partial charge on any atom is 0.318 e. The Balaban J connectivity index is 1.61. The van der Waals surface area contributed by atoms with Crippen molar-refractivity contribution in [2.75, 3.05) is 24.5 Å². The SMILES string of the molecule is C[C@@H]1C(=O)NCCN1C(=O)NCc1cccc(N2CCCCC2=O)c1. The van der Waals surface area contributed by atoms with E-state index in [2.05, 4.69) is 10.6 Å². The molecule has 7 heteroatoms. The van der Waals surface area contributed by atoms with E-state index in [1.165, 1.54) is 4.90 Å². The monoisotopic (exact) mass is 344 g/mol. The van der Waals surface area contributed by atoms with Gasteiger partial charge in [-0.05, 0) is 37.5 Å². The largest absolute Gasteiger partial charge is 0.353 e. The molecule has 2 saturated heterocycles. The quantitative estimate of drug-likeness (QED) is 0.865. The second-order valence-electron chi connectivity index (χ2n) is 6.49. The zero-order chi connectivity index (χ0) is 17.8. The van der Waals surface area contributed by atoms with E-state index in [1.807, 2.05) is 29.2 Å². The van der Waals surface area contributed by atoms with Crippen molar-refractivity contribution in [3.05, 3.63) is 29.8 Å². The molecule has 1 aromatic rings. The van der Waals surface area contributed by atoms with Crippen LogP contribution >= 0.6 is 0 Å². The third-order valence-corrected chi connectivity index (χ3v) is 4.75. The van der Waals surface area contributed by atoms with Gasteiger partial charge in [0.05, 0.1) is 0 Å². The molecule has 2 heterocycles. The first kappa shape index (κ1) is 17.3. The van der Waals surface area contributed by atoms with Crippen LogP contribution < -0.4 is 15.5 Å². The van der Waals surface area contributed by atoms with Crippen LogP contribution in [0.25, 0.3) is 0 Å². The van der Waals surface area contributed by atoms with Crippen molar-refractivity contribution in [3.8, 4) is 0 Å². The average Bonchev–Trinajstić information content (AvgIpc) is 2.62. The Kier molecular flexibility index (Phi) is 5.21. The Hall–Kier alpha value is -2.57. The van der Waals surface area contributed by atoms with Gasteiger partial charge in [-0.1, -0.05) is 12.1 Å². The topological polar surface area (TPSA) is 81.8 Å². The first-order valence-corrected chi connectivity index (χ1v) is 8.78. The van der Waals surface area contributed by atoms with Gasteiger partial charge < -0.3 is 20.4 Å². The van der Waals surface area contributed by atoms with Crippen LogP contribution in [0.2, 0.25) is 0 Å². The maximum atomic E-state index is 12.3. The molecule has 0 saturated carbocycles. The number of carbonyl (C=O) groups is 3. The number of urea groups is 1. The van der Waals surface area contributed by atoms with Crippen LogP contribution in [0.3, 0.4) is 0 Å². The minimum Gasteiger partial charge on any atom is -0.353 e. The molecule has 7 nitrogen and oxygen atoms in total. The number of rotatable bonds is 3. The predicted octanol–water partition coefficient (Wildman–Crippen LogP) is 1.23. The van der Waals surface area contributed by atoms with E-state index in [0.717, 1.165) is 30.6 Å². The standard InChI is InChI=1S/C18H24N4O3/c1-13-17(24)19-8-10-21(13)18(25)20-12-14-5-4-6-15(11-14)22-9-3-2-7-16(22)23/h4-6,11,13H,2-3,7-10,12H2,1H3,(H,19,24)(H,20,25)/t13-/m1/s1. The highest BCUT2D eigenvalue weighted by molar-refractivity contribution is 5.94. The zero-order valence-electron chi connectivity index (χ0n) is 14.5. The van der Waals surface area contributed by atoms with Crippen LogP contribution in [0.4, 0.5) is 10.5 Å². The van der Waals surface area contributed by atoms with Gasteiger partial charge in [0, 0.05) is 38.3 Å². The molecular weight excluding hydrogens is 320 g/mol. The first-order valence-electron chi connectivity index (χ1n) is 8.78. The number of benzene rings is 1. The summed E-state index contributed by atoms with van der Waals surface area (Å²) in [6.45, 7) is 3.80. The summed E-state index contributed by atoms with van der Waals surface area (Å²) in [5.74, 6) is 0.0209. The van der Waals surface area contributed by atoms with Crippen LogP contribution in [0.1, 0.15) is 31.7 Å². The van der Waals surface area contributed by atoms with Gasteiger partial charge in [0.2, 0.25) is 11.8 Å². The molecule has 134 valence electrons. The minimum absolute atomic E-state index is 0.132. The Morgan fingerprint density at radius 3 is 2.92 bits per heavy atom. The Bertz CT molecular complexity index is 676. The summed E-state index contributed by atoms with van der Waals surface area (Å²) < 4.78 is 0. The summed E-state index contributed by atoms with van der Waals surface area (Å²) in [5, 5.41) is 5.60. The lowest BCUT2D eigenvalue weighted by Gasteiger charge is -2.32. The average molecular weight is 344 g/mol. The molecule has 2 fully saturated rings. The highest BCUT2D eigenvalue weighted by atomic mass is 16.2. The van der Waals surface area contributed by atoms with Crippen molar-refractivity contribution in [2.45, 2.75) is 38.8 Å². The van der Waals surface area contributed by atoms with E-state index < -0.39 is 6.04 Å². The second-order valence-corrected chi connectivity index (χ2v) is 6.49. The van der Waals surface area contributed by atoms with Crippen molar-refractivity contribution in [1.29, 1.82) is 0 Å². The predicted molar refractivity (Wildman–Crippen MR) is 94.1 cm³/mol. The molecule has 0 aliphatic carbocycles. The Labute approximate surface area is 147 Å². The van der Waals surface area contributed by atoms with Crippen LogP contribution in [0, 0.1) is 0 Å². The van der Waals surface area contributed by atoms with Crippen molar-refractivity contribution < 1.29 is 14.4 Å². The molecule has 25 heavy (non-hydrogen) atoms. The van der Waals surface area contributed by atoms with E-state index in [0.29, 0.717) is 26.1 Å². The lowest BCUT2D eigenvalue weighted by atomic mass is 10.1. The minimum atomic E-state index is -0.467. The number of nitrogens with zero attached hydrogens (tertiary/aromatic N) is 2. The van der Waals surface area contributed by atoms with Crippen molar-refractivity contribution in [2.24, 2.45) is 0 Å². The molecule has 1 atom stereocenters. The van der Waals surface area contributed by atoms with E-state index in [1.54, 1.807) is 6.92 Å². The lowest BCUT2D eigenvalue weighted by Crippen LogP contribution is -2.58. The highest BCUT2D eigenvalue weighted by Gasteiger charge is 2.29. The molecule has 2 N–H and O–H groups in total. The van der Waals surface area contributed by atoms with E-state index >= 15 is 0 Å². The molecule has 0 bridgehead atoms. The summed E-state index contributed by atoms with van der Waals surface area (Å²) in [6.07, 6.45) is 2.56. The van der Waals surface area contributed by atoms with Crippen molar-refractivity contribution in [1.82, 2.24) is 15.5 Å². The van der Waals surface area contributed by atoms with Gasteiger partial charge >= 0.3 is 6.03 Å². The molecule has 0 spiro atoms. The van der Waals surface area contributed by atoms with Gasteiger partial charge in [-0.2, -0.15) is 0 Å². The van der Waals surface area contributed by atoms with Crippen molar-refractivity contribution >= 4 is 23.5 Å². The molecule has 2 aliphatic heterocycles. The van der Waals surface area contributed by atoms with E-state index in [4.69, 9.17) is 0 Å². The van der Waals surface area contributed by atoms with Crippen LogP contribution in [-0.2, 0) is 16.1 Å². The van der Waals surface area contributed by atoms with Crippen molar-refractivity contribution in [3.63, 3.8) is 0 Å². The Morgan fingerprint density at radius 2 is 2.12 bits per heavy atom. The van der Waals surface area contributed by atoms with Gasteiger partial charge in [-0.3, -0.25) is 9.59 Å². The fraction of sp³-hybridized carbons (Fsp3) is 0.500. The van der Waals surface area contributed by atoms with Crippen LogP contribution in [-0.4, -0.2) is 48.4 Å². The molecule has 0 aromatic heterocycles. The number of nitrogens with one attached hydrogen (secondary N) is 2. The van der Waals surface area contributed by atoms with Crippen LogP contribution in [0.5, 0.6) is 0 Å². The number of hydrogen-bond donors (Lipinski definition) is 2. The van der Waals surface area contributed by atoms with E-state index in [9.17, 15) is 14.4 Å². The third kappa shape index (κ3) is 3.92. The Morgan fingerprint density at radius 1 is 1.28 bits per heavy atom. The summed E-state index contributed by atoms with van der Waals surface area (Å²) >= 11 is 0. The molecular formula is C18H24N4O3. The van der Waals surface area contributed by atoms with E-state index in [-0.39, 0.29) is 17.8 Å². The fourth-order valence-electron chi connectivity index (χ4n) is 3.25. The number of piperazine rings is 1.